The number of carbonyl (C=O) groups is 1. The maximum absolute atomic E-state index is 11.2. The Morgan fingerprint density at radius 2 is 2.20 bits per heavy atom. The fourth-order valence-corrected chi connectivity index (χ4v) is 0.957. The minimum atomic E-state index is -0.678. The summed E-state index contributed by atoms with van der Waals surface area (Å²) in [5.41, 5.74) is 0.832. The van der Waals surface area contributed by atoms with Crippen molar-refractivity contribution in [1.82, 2.24) is 0 Å². The fraction of sp³-hybridized carbons (Fsp3) is 0.455. The highest BCUT2D eigenvalue weighted by Crippen LogP contribution is 1.93. The molecule has 0 aliphatic carbocycles. The highest BCUT2D eigenvalue weighted by Gasteiger charge is 2.15. The predicted octanol–water partition coefficient (Wildman–Crippen LogP) is 1.50. The second kappa shape index (κ2) is 5.34. The van der Waals surface area contributed by atoms with Crippen LogP contribution in [0.25, 0.3) is 0 Å². The maximum atomic E-state index is 11.2. The van der Waals surface area contributed by atoms with Crippen LogP contribution in [0.4, 0.5) is 4.79 Å². The van der Waals surface area contributed by atoms with Crippen LogP contribution in [0, 0.1) is 12.8 Å². The Labute approximate surface area is 89.4 Å². The summed E-state index contributed by atoms with van der Waals surface area (Å²) in [6.07, 6.45) is 0.981. The van der Waals surface area contributed by atoms with Crippen LogP contribution in [0.15, 0.2) is 24.4 Å². The van der Waals surface area contributed by atoms with Crippen molar-refractivity contribution in [2.75, 3.05) is 6.61 Å². The molecule has 0 radical (unpaired) electrons. The van der Waals surface area contributed by atoms with Crippen LogP contribution in [0.5, 0.6) is 0 Å². The third-order valence-electron chi connectivity index (χ3n) is 1.73. The molecule has 0 amide bonds. The van der Waals surface area contributed by atoms with Crippen LogP contribution in [-0.2, 0) is 4.74 Å². The predicted molar refractivity (Wildman–Crippen MR) is 54.1 cm³/mol. The first kappa shape index (κ1) is 11.5. The van der Waals surface area contributed by atoms with Crippen molar-refractivity contribution < 1.29 is 19.1 Å². The number of hydrogen-bond donors (Lipinski definition) is 0. The number of aromatic nitrogens is 1. The van der Waals surface area contributed by atoms with E-state index in [9.17, 15) is 4.79 Å². The molecule has 82 valence electrons. The molecule has 1 rings (SSSR count). The first-order valence-electron chi connectivity index (χ1n) is 4.92. The summed E-state index contributed by atoms with van der Waals surface area (Å²) in [6, 6.07) is 5.49. The van der Waals surface area contributed by atoms with Gasteiger partial charge < -0.3 is 4.74 Å². The number of pyridine rings is 1. The van der Waals surface area contributed by atoms with Crippen LogP contribution in [0.3, 0.4) is 0 Å². The summed E-state index contributed by atoms with van der Waals surface area (Å²) in [5.74, 6) is 0.305. The molecule has 0 fully saturated rings. The van der Waals surface area contributed by atoms with Crippen molar-refractivity contribution in [3.8, 4) is 0 Å². The lowest BCUT2D eigenvalue weighted by Gasteiger charge is -2.03. The van der Waals surface area contributed by atoms with E-state index in [1.807, 2.05) is 32.9 Å². The molecule has 0 saturated carbocycles. The first-order valence-corrected chi connectivity index (χ1v) is 4.92. The van der Waals surface area contributed by atoms with Gasteiger partial charge in [-0.25, -0.2) is 0 Å². The minimum Gasteiger partial charge on any atom is -0.430 e. The zero-order valence-electron chi connectivity index (χ0n) is 9.27. The van der Waals surface area contributed by atoms with Crippen molar-refractivity contribution in [3.05, 3.63) is 30.1 Å². The largest absolute Gasteiger partial charge is 0.572 e. The van der Waals surface area contributed by atoms with E-state index in [1.54, 1.807) is 12.3 Å². The Bertz CT molecular complexity index is 336. The van der Waals surface area contributed by atoms with Crippen molar-refractivity contribution in [2.24, 2.45) is 5.92 Å². The van der Waals surface area contributed by atoms with Gasteiger partial charge in [0.15, 0.2) is 0 Å². The molecule has 0 aliphatic rings. The molecule has 0 spiro atoms. The quantitative estimate of drug-likeness (QED) is 0.560. The van der Waals surface area contributed by atoms with Gasteiger partial charge in [-0.3, -0.25) is 0 Å². The maximum Gasteiger partial charge on any atom is 0.572 e. The number of carbonyl (C=O) groups excluding carboxylic acids is 1. The standard InChI is InChI=1S/C11H16NO3/c1-9(2)8-14-11(13)15-12-7-5-4-6-10(12)3/h4-7,9H,8H2,1-3H3/q+1. The number of nitrogens with zero attached hydrogens (tertiary/aromatic N) is 1. The molecule has 1 aromatic rings. The summed E-state index contributed by atoms with van der Waals surface area (Å²) in [7, 11) is 0. The average molecular weight is 210 g/mol. The van der Waals surface area contributed by atoms with Gasteiger partial charge in [0.2, 0.25) is 11.9 Å². The number of ether oxygens (including phenoxy) is 1. The summed E-state index contributed by atoms with van der Waals surface area (Å²) < 4.78 is 6.26. The Morgan fingerprint density at radius 3 is 2.80 bits per heavy atom. The van der Waals surface area contributed by atoms with Gasteiger partial charge in [-0.05, 0) is 12.0 Å². The van der Waals surface area contributed by atoms with Gasteiger partial charge in [-0.1, -0.05) is 13.8 Å². The van der Waals surface area contributed by atoms with Crippen LogP contribution < -0.4 is 9.57 Å². The second-order valence-corrected chi connectivity index (χ2v) is 3.71. The third kappa shape index (κ3) is 3.97. The van der Waals surface area contributed by atoms with Gasteiger partial charge in [0, 0.05) is 23.8 Å². The molecule has 0 unspecified atom stereocenters. The molecule has 1 heterocycles. The Balaban J connectivity index is 2.48. The van der Waals surface area contributed by atoms with Gasteiger partial charge in [0.05, 0.1) is 6.61 Å². The highest BCUT2D eigenvalue weighted by atomic mass is 16.8. The molecule has 0 bridgehead atoms. The summed E-state index contributed by atoms with van der Waals surface area (Å²) in [5, 5.41) is 0. The monoisotopic (exact) mass is 210 g/mol. The SMILES string of the molecule is Cc1cccc[n+]1OC(=O)OCC(C)C. The lowest BCUT2D eigenvalue weighted by molar-refractivity contribution is -0.874. The molecular formula is C11H16NO3+. The van der Waals surface area contributed by atoms with E-state index < -0.39 is 6.16 Å². The van der Waals surface area contributed by atoms with E-state index in [2.05, 4.69) is 0 Å². The van der Waals surface area contributed by atoms with Crippen molar-refractivity contribution in [2.45, 2.75) is 20.8 Å². The molecular weight excluding hydrogens is 194 g/mol. The fourth-order valence-electron chi connectivity index (χ4n) is 0.957. The molecule has 0 aromatic carbocycles. The third-order valence-corrected chi connectivity index (χ3v) is 1.73. The second-order valence-electron chi connectivity index (χ2n) is 3.71. The van der Waals surface area contributed by atoms with E-state index in [0.717, 1.165) is 5.69 Å². The molecule has 0 N–H and O–H groups in total. The number of hydrogen-bond acceptors (Lipinski definition) is 3. The van der Waals surface area contributed by atoms with Crippen LogP contribution >= 0.6 is 0 Å². The topological polar surface area (TPSA) is 39.4 Å². The van der Waals surface area contributed by atoms with Crippen LogP contribution in [0.1, 0.15) is 19.5 Å². The van der Waals surface area contributed by atoms with E-state index in [0.29, 0.717) is 12.5 Å². The van der Waals surface area contributed by atoms with Crippen LogP contribution in [-0.4, -0.2) is 12.8 Å². The van der Waals surface area contributed by atoms with Gasteiger partial charge in [0.25, 0.3) is 0 Å². The van der Waals surface area contributed by atoms with Gasteiger partial charge in [-0.2, -0.15) is 4.79 Å². The highest BCUT2D eigenvalue weighted by molar-refractivity contribution is 5.59. The number of rotatable bonds is 3. The van der Waals surface area contributed by atoms with E-state index >= 15 is 0 Å². The van der Waals surface area contributed by atoms with Crippen molar-refractivity contribution in [3.63, 3.8) is 0 Å². The Kier molecular flexibility index (Phi) is 4.09. The average Bonchev–Trinajstić information content (AvgIpc) is 2.18. The van der Waals surface area contributed by atoms with E-state index in [1.165, 1.54) is 4.73 Å². The normalized spacial score (nSPS) is 10.1. The lowest BCUT2D eigenvalue weighted by Crippen LogP contribution is -2.48. The minimum absolute atomic E-state index is 0.305. The first-order chi connectivity index (χ1) is 7.09. The molecule has 0 aliphatic heterocycles. The molecule has 0 atom stereocenters. The summed E-state index contributed by atoms with van der Waals surface area (Å²) in [4.78, 5) is 16.2. The molecule has 0 saturated heterocycles. The smallest absolute Gasteiger partial charge is 0.430 e. The van der Waals surface area contributed by atoms with Gasteiger partial charge in [0.1, 0.15) is 0 Å². The lowest BCUT2D eigenvalue weighted by atomic mass is 10.2. The van der Waals surface area contributed by atoms with E-state index in [-0.39, 0.29) is 0 Å². The molecule has 1 aromatic heterocycles. The molecule has 15 heavy (non-hydrogen) atoms. The summed E-state index contributed by atoms with van der Waals surface area (Å²) in [6.45, 7) is 6.14. The van der Waals surface area contributed by atoms with Gasteiger partial charge >= 0.3 is 6.16 Å². The van der Waals surface area contributed by atoms with E-state index in [4.69, 9.17) is 9.57 Å². The number of aryl methyl sites for hydroxylation is 1. The van der Waals surface area contributed by atoms with Crippen molar-refractivity contribution >= 4 is 6.16 Å². The zero-order chi connectivity index (χ0) is 11.3. The molecule has 4 heteroatoms. The Morgan fingerprint density at radius 1 is 1.47 bits per heavy atom. The van der Waals surface area contributed by atoms with Crippen LogP contribution in [0.2, 0.25) is 0 Å². The zero-order valence-corrected chi connectivity index (χ0v) is 9.27. The van der Waals surface area contributed by atoms with Gasteiger partial charge in [-0.15, -0.1) is 4.84 Å². The molecule has 4 nitrogen and oxygen atoms in total. The summed E-state index contributed by atoms with van der Waals surface area (Å²) >= 11 is 0. The Hall–Kier alpha value is -1.58. The van der Waals surface area contributed by atoms with Crippen molar-refractivity contribution in [1.29, 1.82) is 0 Å².